The second-order valence-corrected chi connectivity index (χ2v) is 6.08. The Morgan fingerprint density at radius 2 is 1.95 bits per heavy atom. The summed E-state index contributed by atoms with van der Waals surface area (Å²) in [5, 5.41) is 0.561. The van der Waals surface area contributed by atoms with E-state index in [1.54, 1.807) is 0 Å². The summed E-state index contributed by atoms with van der Waals surface area (Å²) in [6, 6.07) is 6.06. The van der Waals surface area contributed by atoms with E-state index in [9.17, 15) is 0 Å². The highest BCUT2D eigenvalue weighted by atomic mass is 35.5. The maximum atomic E-state index is 6.27. The van der Waals surface area contributed by atoms with Crippen molar-refractivity contribution in [2.24, 2.45) is 0 Å². The molecule has 5 heteroatoms. The molecule has 0 amide bonds. The van der Waals surface area contributed by atoms with Gasteiger partial charge in [0.05, 0.1) is 12.2 Å². The number of anilines is 1. The Morgan fingerprint density at radius 1 is 1.19 bits per heavy atom. The number of hydrogen-bond donors (Lipinski definition) is 0. The number of hydrogen-bond acceptors (Lipinski definition) is 4. The van der Waals surface area contributed by atoms with Crippen LogP contribution in [0.3, 0.4) is 0 Å². The third kappa shape index (κ3) is 3.16. The number of nitrogens with zero attached hydrogens (tertiary/aromatic N) is 4. The van der Waals surface area contributed by atoms with Crippen molar-refractivity contribution in [2.45, 2.75) is 39.2 Å². The molecule has 1 saturated carbocycles. The molecule has 0 N–H and O–H groups in total. The molecule has 0 saturated heterocycles. The third-order valence-corrected chi connectivity index (χ3v) is 4.10. The fourth-order valence-corrected chi connectivity index (χ4v) is 2.57. The van der Waals surface area contributed by atoms with Gasteiger partial charge < -0.3 is 4.90 Å². The average Bonchev–Trinajstić information content (AvgIpc) is 3.26. The lowest BCUT2D eigenvalue weighted by molar-refractivity contribution is 0.825. The molecular formula is C16H19ClN4. The van der Waals surface area contributed by atoms with E-state index in [1.807, 2.05) is 39.1 Å². The Kier molecular flexibility index (Phi) is 3.81. The van der Waals surface area contributed by atoms with Crippen LogP contribution in [0, 0.1) is 13.8 Å². The van der Waals surface area contributed by atoms with Crippen LogP contribution in [0.4, 0.5) is 5.82 Å². The number of aromatic nitrogens is 3. The monoisotopic (exact) mass is 302 g/mol. The quantitative estimate of drug-likeness (QED) is 0.808. The number of aryl methyl sites for hydroxylation is 1. The molecule has 0 bridgehead atoms. The molecule has 1 fully saturated rings. The van der Waals surface area contributed by atoms with Crippen LogP contribution in [0.5, 0.6) is 0 Å². The topological polar surface area (TPSA) is 41.9 Å². The lowest BCUT2D eigenvalue weighted by Crippen LogP contribution is -2.21. The molecule has 2 heterocycles. The molecule has 3 rings (SSSR count). The molecule has 1 aliphatic carbocycles. The molecular weight excluding hydrogens is 284 g/mol. The summed E-state index contributed by atoms with van der Waals surface area (Å²) in [4.78, 5) is 15.8. The molecule has 0 aliphatic heterocycles. The first-order chi connectivity index (χ1) is 10.0. The van der Waals surface area contributed by atoms with Crippen molar-refractivity contribution in [3.63, 3.8) is 0 Å². The van der Waals surface area contributed by atoms with Gasteiger partial charge >= 0.3 is 0 Å². The molecule has 2 aromatic rings. The first kappa shape index (κ1) is 14.3. The minimum atomic E-state index is 0.493. The Morgan fingerprint density at radius 3 is 2.62 bits per heavy atom. The van der Waals surface area contributed by atoms with Crippen LogP contribution < -0.4 is 4.90 Å². The molecule has 0 unspecified atom stereocenters. The van der Waals surface area contributed by atoms with Gasteiger partial charge in [-0.3, -0.25) is 4.98 Å². The molecule has 21 heavy (non-hydrogen) atoms. The second kappa shape index (κ2) is 5.60. The minimum absolute atomic E-state index is 0.493. The van der Waals surface area contributed by atoms with Gasteiger partial charge in [0.1, 0.15) is 16.8 Å². The molecule has 0 spiro atoms. The van der Waals surface area contributed by atoms with Crippen LogP contribution in [0.15, 0.2) is 18.2 Å². The minimum Gasteiger partial charge on any atom is -0.353 e. The maximum Gasteiger partial charge on any atom is 0.137 e. The van der Waals surface area contributed by atoms with Crippen LogP contribution in [0.2, 0.25) is 5.15 Å². The van der Waals surface area contributed by atoms with Gasteiger partial charge in [0.2, 0.25) is 0 Å². The Bertz CT molecular complexity index is 667. The molecule has 0 radical (unpaired) electrons. The van der Waals surface area contributed by atoms with E-state index >= 15 is 0 Å². The summed E-state index contributed by atoms with van der Waals surface area (Å²) in [6.45, 7) is 4.68. The summed E-state index contributed by atoms with van der Waals surface area (Å²) in [7, 11) is 2.02. The van der Waals surface area contributed by atoms with E-state index < -0.39 is 0 Å². The van der Waals surface area contributed by atoms with E-state index in [2.05, 4.69) is 14.9 Å². The summed E-state index contributed by atoms with van der Waals surface area (Å²) in [5.74, 6) is 2.28. The number of rotatable bonds is 4. The lowest BCUT2D eigenvalue weighted by Gasteiger charge is -2.21. The maximum absolute atomic E-state index is 6.27. The van der Waals surface area contributed by atoms with Crippen LogP contribution in [0.1, 0.15) is 41.5 Å². The van der Waals surface area contributed by atoms with Crippen LogP contribution in [-0.2, 0) is 6.54 Å². The molecule has 0 aromatic carbocycles. The van der Waals surface area contributed by atoms with Crippen molar-refractivity contribution >= 4 is 17.4 Å². The van der Waals surface area contributed by atoms with Crippen molar-refractivity contribution in [1.82, 2.24) is 15.0 Å². The van der Waals surface area contributed by atoms with Gasteiger partial charge in [-0.05, 0) is 38.8 Å². The molecule has 0 atom stereocenters. The average molecular weight is 303 g/mol. The van der Waals surface area contributed by atoms with Gasteiger partial charge in [0.15, 0.2) is 0 Å². The predicted octanol–water partition coefficient (Wildman–Crippen LogP) is 3.66. The fourth-order valence-electron chi connectivity index (χ4n) is 2.40. The Hall–Kier alpha value is -1.68. The van der Waals surface area contributed by atoms with E-state index in [0.717, 1.165) is 28.6 Å². The first-order valence-electron chi connectivity index (χ1n) is 7.22. The van der Waals surface area contributed by atoms with E-state index in [0.29, 0.717) is 17.6 Å². The SMILES string of the molecule is Cc1cccc(CN(C)c2nc(C3CC3)nc(Cl)c2C)n1. The van der Waals surface area contributed by atoms with E-state index in [-0.39, 0.29) is 0 Å². The summed E-state index contributed by atoms with van der Waals surface area (Å²) in [5.41, 5.74) is 2.98. The smallest absolute Gasteiger partial charge is 0.137 e. The van der Waals surface area contributed by atoms with Crippen molar-refractivity contribution in [2.75, 3.05) is 11.9 Å². The van der Waals surface area contributed by atoms with E-state index in [4.69, 9.17) is 16.6 Å². The lowest BCUT2D eigenvalue weighted by atomic mass is 10.2. The van der Waals surface area contributed by atoms with Crippen molar-refractivity contribution in [3.05, 3.63) is 46.1 Å². The highest BCUT2D eigenvalue weighted by Crippen LogP contribution is 2.39. The van der Waals surface area contributed by atoms with Gasteiger partial charge in [-0.25, -0.2) is 9.97 Å². The van der Waals surface area contributed by atoms with Crippen LogP contribution in [-0.4, -0.2) is 22.0 Å². The standard InChI is InChI=1S/C16H19ClN4/c1-10-5-4-6-13(18-10)9-21(3)16-11(2)14(17)19-15(20-16)12-7-8-12/h4-6,12H,7-9H2,1-3H3. The molecule has 110 valence electrons. The fraction of sp³-hybridized carbons (Fsp3) is 0.438. The normalized spacial score (nSPS) is 14.3. The zero-order valence-electron chi connectivity index (χ0n) is 12.6. The van der Waals surface area contributed by atoms with Gasteiger partial charge in [0, 0.05) is 24.2 Å². The summed E-state index contributed by atoms with van der Waals surface area (Å²) < 4.78 is 0. The first-order valence-corrected chi connectivity index (χ1v) is 7.60. The zero-order valence-corrected chi connectivity index (χ0v) is 13.4. The van der Waals surface area contributed by atoms with Gasteiger partial charge in [-0.2, -0.15) is 0 Å². The van der Waals surface area contributed by atoms with Crippen LogP contribution in [0.25, 0.3) is 0 Å². The third-order valence-electron chi connectivity index (χ3n) is 3.73. The summed E-state index contributed by atoms with van der Waals surface area (Å²) >= 11 is 6.27. The van der Waals surface area contributed by atoms with Gasteiger partial charge in [-0.1, -0.05) is 17.7 Å². The largest absolute Gasteiger partial charge is 0.353 e. The zero-order chi connectivity index (χ0) is 15.0. The Labute approximate surface area is 130 Å². The number of halogens is 1. The predicted molar refractivity (Wildman–Crippen MR) is 84.8 cm³/mol. The second-order valence-electron chi connectivity index (χ2n) is 5.72. The highest BCUT2D eigenvalue weighted by Gasteiger charge is 2.28. The van der Waals surface area contributed by atoms with Crippen LogP contribution >= 0.6 is 11.6 Å². The van der Waals surface area contributed by atoms with Crippen molar-refractivity contribution < 1.29 is 0 Å². The Balaban J connectivity index is 1.88. The van der Waals surface area contributed by atoms with Gasteiger partial charge in [0.25, 0.3) is 0 Å². The van der Waals surface area contributed by atoms with Gasteiger partial charge in [-0.15, -0.1) is 0 Å². The summed E-state index contributed by atoms with van der Waals surface area (Å²) in [6.07, 6.45) is 2.34. The van der Waals surface area contributed by atoms with Crippen molar-refractivity contribution in [3.8, 4) is 0 Å². The highest BCUT2D eigenvalue weighted by molar-refractivity contribution is 6.30. The van der Waals surface area contributed by atoms with E-state index in [1.165, 1.54) is 12.8 Å². The van der Waals surface area contributed by atoms with Crippen molar-refractivity contribution in [1.29, 1.82) is 0 Å². The molecule has 2 aromatic heterocycles. The molecule has 1 aliphatic rings. The molecule has 4 nitrogen and oxygen atoms in total. The number of pyridine rings is 1.